The van der Waals surface area contributed by atoms with Gasteiger partial charge in [0.2, 0.25) is 11.8 Å². The van der Waals surface area contributed by atoms with Gasteiger partial charge in [0.1, 0.15) is 12.6 Å². The standard InChI is InChI=1S/C29H32F3N3O4S/c1-3-4-18-33-28(37)22(2)34(20-23-12-7-5-8-13-23)27(36)21-35(40(38,39)26-16-9-6-10-17-26)25-15-11-14-24(19-25)29(30,31)32/h5-17,19,22H,3-4,18,20-21H2,1-2H3,(H,33,37). The first kappa shape index (κ1) is 30.7. The van der Waals surface area contributed by atoms with Gasteiger partial charge in [-0.2, -0.15) is 13.2 Å². The number of carbonyl (C=O) groups excluding carboxylic acids is 2. The van der Waals surface area contributed by atoms with Crippen LogP contribution in [0.1, 0.15) is 37.8 Å². The Hall–Kier alpha value is -3.86. The zero-order valence-electron chi connectivity index (χ0n) is 22.3. The highest BCUT2D eigenvalue weighted by atomic mass is 32.2. The molecule has 214 valence electrons. The number of unbranched alkanes of at least 4 members (excludes halogenated alkanes) is 1. The van der Waals surface area contributed by atoms with E-state index in [9.17, 15) is 31.2 Å². The largest absolute Gasteiger partial charge is 0.416 e. The van der Waals surface area contributed by atoms with Crippen LogP contribution in [0, 0.1) is 0 Å². The van der Waals surface area contributed by atoms with Crippen LogP contribution in [0.2, 0.25) is 0 Å². The third-order valence-electron chi connectivity index (χ3n) is 6.26. The van der Waals surface area contributed by atoms with Crippen molar-refractivity contribution in [2.24, 2.45) is 0 Å². The molecule has 0 radical (unpaired) electrons. The van der Waals surface area contributed by atoms with Crippen LogP contribution < -0.4 is 9.62 Å². The number of alkyl halides is 3. The van der Waals surface area contributed by atoms with E-state index in [0.29, 0.717) is 22.5 Å². The molecule has 0 aliphatic carbocycles. The summed E-state index contributed by atoms with van der Waals surface area (Å²) >= 11 is 0. The maximum atomic E-state index is 13.8. The smallest absolute Gasteiger partial charge is 0.354 e. The second-order valence-corrected chi connectivity index (χ2v) is 11.1. The van der Waals surface area contributed by atoms with Gasteiger partial charge in [-0.05, 0) is 49.2 Å². The second-order valence-electron chi connectivity index (χ2n) is 9.20. The van der Waals surface area contributed by atoms with Crippen molar-refractivity contribution in [3.63, 3.8) is 0 Å². The molecular formula is C29H32F3N3O4S. The Bertz CT molecular complexity index is 1380. The number of nitrogens with one attached hydrogen (secondary N) is 1. The van der Waals surface area contributed by atoms with Crippen molar-refractivity contribution >= 4 is 27.5 Å². The van der Waals surface area contributed by atoms with Gasteiger partial charge in [-0.3, -0.25) is 13.9 Å². The number of hydrogen-bond donors (Lipinski definition) is 1. The fourth-order valence-corrected chi connectivity index (χ4v) is 5.41. The fourth-order valence-electron chi connectivity index (χ4n) is 3.98. The molecule has 40 heavy (non-hydrogen) atoms. The lowest BCUT2D eigenvalue weighted by atomic mass is 10.1. The van der Waals surface area contributed by atoms with Crippen LogP contribution in [0.3, 0.4) is 0 Å². The highest BCUT2D eigenvalue weighted by molar-refractivity contribution is 7.92. The Morgan fingerprint density at radius 2 is 1.55 bits per heavy atom. The van der Waals surface area contributed by atoms with Gasteiger partial charge in [-0.1, -0.05) is 67.9 Å². The number of carbonyl (C=O) groups is 2. The molecule has 0 heterocycles. The van der Waals surface area contributed by atoms with Crippen LogP contribution in [0.5, 0.6) is 0 Å². The molecule has 0 fully saturated rings. The molecule has 0 aliphatic rings. The van der Waals surface area contributed by atoms with Crippen molar-refractivity contribution < 1.29 is 31.2 Å². The van der Waals surface area contributed by atoms with E-state index in [0.717, 1.165) is 25.0 Å². The molecule has 3 aromatic carbocycles. The zero-order valence-corrected chi connectivity index (χ0v) is 23.1. The van der Waals surface area contributed by atoms with Crippen LogP contribution in [-0.2, 0) is 32.3 Å². The Labute approximate surface area is 232 Å². The molecule has 1 atom stereocenters. The number of anilines is 1. The topological polar surface area (TPSA) is 86.8 Å². The van der Waals surface area contributed by atoms with Crippen molar-refractivity contribution in [2.75, 3.05) is 17.4 Å². The zero-order chi connectivity index (χ0) is 29.3. The third kappa shape index (κ3) is 7.84. The van der Waals surface area contributed by atoms with Crippen LogP contribution in [0.15, 0.2) is 89.8 Å². The summed E-state index contributed by atoms with van der Waals surface area (Å²) in [7, 11) is -4.46. The molecule has 11 heteroatoms. The quantitative estimate of drug-likeness (QED) is 0.300. The summed E-state index contributed by atoms with van der Waals surface area (Å²) < 4.78 is 68.6. The van der Waals surface area contributed by atoms with Crippen LogP contribution in [0.25, 0.3) is 0 Å². The normalized spacial score (nSPS) is 12.4. The number of amides is 2. The van der Waals surface area contributed by atoms with Gasteiger partial charge in [0.15, 0.2) is 0 Å². The van der Waals surface area contributed by atoms with Crippen molar-refractivity contribution in [3.05, 3.63) is 96.1 Å². The van der Waals surface area contributed by atoms with Gasteiger partial charge in [0.25, 0.3) is 10.0 Å². The molecular weight excluding hydrogens is 543 g/mol. The molecule has 0 spiro atoms. The molecule has 0 aromatic heterocycles. The van der Waals surface area contributed by atoms with E-state index in [2.05, 4.69) is 5.32 Å². The lowest BCUT2D eigenvalue weighted by Gasteiger charge is -2.32. The summed E-state index contributed by atoms with van der Waals surface area (Å²) in [5.74, 6) is -1.17. The first-order valence-electron chi connectivity index (χ1n) is 12.8. The minimum atomic E-state index is -4.73. The number of nitrogens with zero attached hydrogens (tertiary/aromatic N) is 2. The van der Waals surface area contributed by atoms with E-state index in [1.54, 1.807) is 36.4 Å². The molecule has 0 bridgehead atoms. The first-order valence-corrected chi connectivity index (χ1v) is 14.2. The van der Waals surface area contributed by atoms with Crippen molar-refractivity contribution in [2.45, 2.75) is 50.3 Å². The van der Waals surface area contributed by atoms with E-state index in [-0.39, 0.29) is 17.1 Å². The van der Waals surface area contributed by atoms with Crippen molar-refractivity contribution in [3.8, 4) is 0 Å². The van der Waals surface area contributed by atoms with E-state index in [1.807, 2.05) is 6.92 Å². The van der Waals surface area contributed by atoms with Crippen molar-refractivity contribution in [1.82, 2.24) is 10.2 Å². The highest BCUT2D eigenvalue weighted by Crippen LogP contribution is 2.33. The van der Waals surface area contributed by atoms with E-state index in [1.165, 1.54) is 42.2 Å². The number of hydrogen-bond acceptors (Lipinski definition) is 4. The summed E-state index contributed by atoms with van der Waals surface area (Å²) in [6.45, 7) is 3.08. The predicted molar refractivity (Wildman–Crippen MR) is 147 cm³/mol. The molecule has 1 N–H and O–H groups in total. The molecule has 7 nitrogen and oxygen atoms in total. The van der Waals surface area contributed by atoms with Gasteiger partial charge < -0.3 is 10.2 Å². The molecule has 0 saturated carbocycles. The van der Waals surface area contributed by atoms with Crippen LogP contribution in [0.4, 0.5) is 18.9 Å². The summed E-state index contributed by atoms with van der Waals surface area (Å²) in [6.07, 6.45) is -3.14. The monoisotopic (exact) mass is 575 g/mol. The van der Waals surface area contributed by atoms with E-state index in [4.69, 9.17) is 0 Å². The molecule has 2 amide bonds. The second kappa shape index (κ2) is 13.5. The Morgan fingerprint density at radius 3 is 2.15 bits per heavy atom. The number of rotatable bonds is 12. The van der Waals surface area contributed by atoms with Gasteiger partial charge in [0.05, 0.1) is 16.1 Å². The first-order chi connectivity index (χ1) is 18.9. The van der Waals surface area contributed by atoms with Gasteiger partial charge in [-0.15, -0.1) is 0 Å². The third-order valence-corrected chi connectivity index (χ3v) is 8.05. The Morgan fingerprint density at radius 1 is 0.925 bits per heavy atom. The van der Waals surface area contributed by atoms with E-state index >= 15 is 0 Å². The van der Waals surface area contributed by atoms with Gasteiger partial charge in [-0.25, -0.2) is 8.42 Å². The molecule has 0 aliphatic heterocycles. The predicted octanol–water partition coefficient (Wildman–Crippen LogP) is 5.23. The lowest BCUT2D eigenvalue weighted by molar-refractivity contribution is -0.139. The van der Waals surface area contributed by atoms with Crippen LogP contribution in [-0.4, -0.2) is 44.3 Å². The maximum Gasteiger partial charge on any atom is 0.416 e. The lowest BCUT2D eigenvalue weighted by Crippen LogP contribution is -2.51. The highest BCUT2D eigenvalue weighted by Gasteiger charge is 2.35. The summed E-state index contributed by atoms with van der Waals surface area (Å²) in [6, 6.07) is 18.8. The van der Waals surface area contributed by atoms with Gasteiger partial charge >= 0.3 is 6.18 Å². The molecule has 1 unspecified atom stereocenters. The Kier molecular flexibility index (Phi) is 10.3. The average Bonchev–Trinajstić information content (AvgIpc) is 2.94. The van der Waals surface area contributed by atoms with Crippen molar-refractivity contribution in [1.29, 1.82) is 0 Å². The van der Waals surface area contributed by atoms with Crippen LogP contribution >= 0.6 is 0 Å². The maximum absolute atomic E-state index is 13.8. The average molecular weight is 576 g/mol. The number of halogens is 3. The minimum absolute atomic E-state index is 0.0101. The number of sulfonamides is 1. The molecule has 3 rings (SSSR count). The minimum Gasteiger partial charge on any atom is -0.354 e. The fraction of sp³-hybridized carbons (Fsp3) is 0.310. The number of benzene rings is 3. The Balaban J connectivity index is 2.03. The molecule has 3 aromatic rings. The SMILES string of the molecule is CCCCNC(=O)C(C)N(Cc1ccccc1)C(=O)CN(c1cccc(C(F)(F)F)c1)S(=O)(=O)c1ccccc1. The summed E-state index contributed by atoms with van der Waals surface area (Å²) in [5, 5.41) is 2.78. The van der Waals surface area contributed by atoms with Gasteiger partial charge in [0, 0.05) is 13.1 Å². The molecule has 0 saturated heterocycles. The summed E-state index contributed by atoms with van der Waals surface area (Å²) in [5.41, 5.74) is -0.692. The summed E-state index contributed by atoms with van der Waals surface area (Å²) in [4.78, 5) is 27.7. The van der Waals surface area contributed by atoms with E-state index < -0.39 is 46.2 Å².